The van der Waals surface area contributed by atoms with E-state index in [0.29, 0.717) is 12.1 Å². The molecule has 0 radical (unpaired) electrons. The molecule has 5 heteroatoms. The summed E-state index contributed by atoms with van der Waals surface area (Å²) >= 11 is 3.42. The molecule has 0 saturated heterocycles. The molecule has 0 fully saturated rings. The van der Waals surface area contributed by atoms with Gasteiger partial charge in [0.1, 0.15) is 5.75 Å². The first kappa shape index (κ1) is 14.4. The number of nitrogens with two attached hydrogens (primary N) is 1. The van der Waals surface area contributed by atoms with E-state index in [9.17, 15) is 4.79 Å². The minimum atomic E-state index is -0.427. The van der Waals surface area contributed by atoms with Crippen molar-refractivity contribution in [1.82, 2.24) is 0 Å². The maximum Gasteiger partial charge on any atom is 0.249 e. The van der Waals surface area contributed by atoms with Gasteiger partial charge in [-0.3, -0.25) is 4.79 Å². The summed E-state index contributed by atoms with van der Waals surface area (Å²) in [6, 6.07) is 13.0. The molecule has 0 aliphatic heterocycles. The molecule has 0 spiro atoms. The average Bonchev–Trinajstić information content (AvgIpc) is 2.45. The van der Waals surface area contributed by atoms with E-state index < -0.39 is 5.91 Å². The molecule has 2 rings (SSSR count). The van der Waals surface area contributed by atoms with Gasteiger partial charge in [0.25, 0.3) is 0 Å². The second-order valence-corrected chi connectivity index (χ2v) is 5.14. The number of halogens is 1. The first-order valence-electron chi connectivity index (χ1n) is 6.07. The van der Waals surface area contributed by atoms with Gasteiger partial charge in [0.15, 0.2) is 0 Å². The largest absolute Gasteiger partial charge is 0.495 e. The third-order valence-corrected chi connectivity index (χ3v) is 3.41. The number of hydrogen-bond donors (Lipinski definition) is 2. The Morgan fingerprint density at radius 2 is 2.05 bits per heavy atom. The number of ether oxygens (including phenoxy) is 1. The van der Waals surface area contributed by atoms with E-state index in [1.165, 1.54) is 0 Å². The van der Waals surface area contributed by atoms with Crippen LogP contribution >= 0.6 is 15.9 Å². The first-order chi connectivity index (χ1) is 9.61. The highest BCUT2D eigenvalue weighted by Gasteiger charge is 2.08. The summed E-state index contributed by atoms with van der Waals surface area (Å²) in [4.78, 5) is 11.4. The molecule has 0 bridgehead atoms. The minimum absolute atomic E-state index is 0.427. The van der Waals surface area contributed by atoms with Crippen molar-refractivity contribution in [2.45, 2.75) is 6.54 Å². The van der Waals surface area contributed by atoms with Crippen LogP contribution in [0, 0.1) is 0 Å². The van der Waals surface area contributed by atoms with Gasteiger partial charge in [0, 0.05) is 16.6 Å². The van der Waals surface area contributed by atoms with E-state index in [2.05, 4.69) is 21.2 Å². The Morgan fingerprint density at radius 1 is 1.30 bits per heavy atom. The Morgan fingerprint density at radius 3 is 2.75 bits per heavy atom. The van der Waals surface area contributed by atoms with E-state index >= 15 is 0 Å². The summed E-state index contributed by atoms with van der Waals surface area (Å²) in [5, 5.41) is 3.25. The Bertz CT molecular complexity index is 629. The molecule has 0 heterocycles. The quantitative estimate of drug-likeness (QED) is 0.882. The van der Waals surface area contributed by atoms with Crippen molar-refractivity contribution < 1.29 is 9.53 Å². The lowest BCUT2D eigenvalue weighted by atomic mass is 10.1. The van der Waals surface area contributed by atoms with Crippen LogP contribution in [0.1, 0.15) is 15.9 Å². The summed E-state index contributed by atoms with van der Waals surface area (Å²) in [6.07, 6.45) is 0. The molecule has 1 amide bonds. The fourth-order valence-corrected chi connectivity index (χ4v) is 2.28. The average molecular weight is 335 g/mol. The zero-order valence-corrected chi connectivity index (χ0v) is 12.6. The lowest BCUT2D eigenvalue weighted by Crippen LogP contribution is -2.15. The van der Waals surface area contributed by atoms with Crippen LogP contribution in [0.15, 0.2) is 46.9 Å². The van der Waals surface area contributed by atoms with Gasteiger partial charge in [-0.1, -0.05) is 34.1 Å². The zero-order valence-electron chi connectivity index (χ0n) is 11.0. The van der Waals surface area contributed by atoms with Crippen LogP contribution in [0.5, 0.6) is 5.75 Å². The number of amides is 1. The van der Waals surface area contributed by atoms with Crippen molar-refractivity contribution >= 4 is 27.5 Å². The van der Waals surface area contributed by atoms with E-state index in [0.717, 1.165) is 21.5 Å². The van der Waals surface area contributed by atoms with Gasteiger partial charge in [-0.15, -0.1) is 0 Å². The highest BCUT2D eigenvalue weighted by atomic mass is 79.9. The maximum absolute atomic E-state index is 11.4. The molecular weight excluding hydrogens is 320 g/mol. The second kappa shape index (κ2) is 6.43. The fraction of sp³-hybridized carbons (Fsp3) is 0.133. The van der Waals surface area contributed by atoms with Crippen LogP contribution < -0.4 is 15.8 Å². The topological polar surface area (TPSA) is 64.3 Å². The summed E-state index contributed by atoms with van der Waals surface area (Å²) in [6.45, 7) is 0.492. The fourth-order valence-electron chi connectivity index (χ4n) is 1.92. The molecule has 4 nitrogen and oxygen atoms in total. The highest BCUT2D eigenvalue weighted by molar-refractivity contribution is 9.10. The molecule has 0 atom stereocenters. The number of anilines is 1. The third kappa shape index (κ3) is 3.30. The van der Waals surface area contributed by atoms with E-state index in [4.69, 9.17) is 10.5 Å². The van der Waals surface area contributed by atoms with Gasteiger partial charge >= 0.3 is 0 Å². The Kier molecular flexibility index (Phi) is 4.63. The van der Waals surface area contributed by atoms with Crippen LogP contribution in [0.4, 0.5) is 5.69 Å². The smallest absolute Gasteiger partial charge is 0.249 e. The molecule has 3 N–H and O–H groups in total. The predicted octanol–water partition coefficient (Wildman–Crippen LogP) is 3.17. The number of nitrogens with one attached hydrogen (secondary N) is 1. The van der Waals surface area contributed by atoms with Crippen molar-refractivity contribution in [2.75, 3.05) is 12.4 Å². The molecule has 104 valence electrons. The standard InChI is InChI=1S/C15H15BrN2O2/c1-20-14-7-6-11(16)8-13(14)18-9-10-4-2-3-5-12(10)15(17)19/h2-8,18H,9H2,1H3,(H2,17,19). The monoisotopic (exact) mass is 334 g/mol. The van der Waals surface area contributed by atoms with Crippen LogP contribution in [0.25, 0.3) is 0 Å². The van der Waals surface area contributed by atoms with Crippen molar-refractivity contribution in [2.24, 2.45) is 5.73 Å². The number of hydrogen-bond acceptors (Lipinski definition) is 3. The molecule has 2 aromatic rings. The molecule has 0 aromatic heterocycles. The number of methoxy groups -OCH3 is 1. The molecule has 0 aliphatic rings. The molecular formula is C15H15BrN2O2. The van der Waals surface area contributed by atoms with Gasteiger partial charge in [-0.25, -0.2) is 0 Å². The first-order valence-corrected chi connectivity index (χ1v) is 6.86. The van der Waals surface area contributed by atoms with Crippen LogP contribution in [0.3, 0.4) is 0 Å². The highest BCUT2D eigenvalue weighted by Crippen LogP contribution is 2.28. The van der Waals surface area contributed by atoms with E-state index in [-0.39, 0.29) is 0 Å². The van der Waals surface area contributed by atoms with Gasteiger partial charge < -0.3 is 15.8 Å². The number of carbonyl (C=O) groups is 1. The summed E-state index contributed by atoms with van der Waals surface area (Å²) < 4.78 is 6.24. The third-order valence-electron chi connectivity index (χ3n) is 2.91. The van der Waals surface area contributed by atoms with Crippen LogP contribution in [0.2, 0.25) is 0 Å². The summed E-state index contributed by atoms with van der Waals surface area (Å²) in [5.41, 5.74) is 7.58. The zero-order chi connectivity index (χ0) is 14.5. The van der Waals surface area contributed by atoms with Gasteiger partial charge in [-0.2, -0.15) is 0 Å². The lowest BCUT2D eigenvalue weighted by Gasteiger charge is -2.13. The molecule has 0 unspecified atom stereocenters. The summed E-state index contributed by atoms with van der Waals surface area (Å²) in [7, 11) is 1.62. The molecule has 20 heavy (non-hydrogen) atoms. The van der Waals surface area contributed by atoms with Crippen molar-refractivity contribution in [3.8, 4) is 5.75 Å². The van der Waals surface area contributed by atoms with Crippen molar-refractivity contribution in [3.05, 3.63) is 58.1 Å². The maximum atomic E-state index is 11.4. The molecule has 2 aromatic carbocycles. The van der Waals surface area contributed by atoms with Gasteiger partial charge in [0.2, 0.25) is 5.91 Å². The Balaban J connectivity index is 2.21. The van der Waals surface area contributed by atoms with Crippen LogP contribution in [-0.4, -0.2) is 13.0 Å². The number of primary amides is 1. The lowest BCUT2D eigenvalue weighted by molar-refractivity contribution is 0.0999. The SMILES string of the molecule is COc1ccc(Br)cc1NCc1ccccc1C(N)=O. The van der Waals surface area contributed by atoms with Crippen LogP contribution in [-0.2, 0) is 6.54 Å². The minimum Gasteiger partial charge on any atom is -0.495 e. The van der Waals surface area contributed by atoms with Gasteiger partial charge in [-0.05, 0) is 29.8 Å². The van der Waals surface area contributed by atoms with Crippen molar-refractivity contribution in [1.29, 1.82) is 0 Å². The number of benzene rings is 2. The van der Waals surface area contributed by atoms with Crippen molar-refractivity contribution in [3.63, 3.8) is 0 Å². The Labute approximate surface area is 126 Å². The molecule has 0 aliphatic carbocycles. The second-order valence-electron chi connectivity index (χ2n) is 4.22. The Hall–Kier alpha value is -2.01. The predicted molar refractivity (Wildman–Crippen MR) is 83.0 cm³/mol. The summed E-state index contributed by atoms with van der Waals surface area (Å²) in [5.74, 6) is 0.313. The van der Waals surface area contributed by atoms with E-state index in [1.807, 2.05) is 30.3 Å². The number of rotatable bonds is 5. The molecule has 0 saturated carbocycles. The number of carbonyl (C=O) groups excluding carboxylic acids is 1. The van der Waals surface area contributed by atoms with E-state index in [1.54, 1.807) is 19.2 Å². The normalized spacial score (nSPS) is 10.1. The van der Waals surface area contributed by atoms with Gasteiger partial charge in [0.05, 0.1) is 12.8 Å².